The zero-order valence-corrected chi connectivity index (χ0v) is 21.7. The van der Waals surface area contributed by atoms with Crippen LogP contribution in [0.25, 0.3) is 0 Å². The summed E-state index contributed by atoms with van der Waals surface area (Å²) >= 11 is 5.80. The van der Waals surface area contributed by atoms with Crippen molar-refractivity contribution in [3.8, 4) is 0 Å². The summed E-state index contributed by atoms with van der Waals surface area (Å²) in [5, 5.41) is 11.2. The van der Waals surface area contributed by atoms with Gasteiger partial charge in [0.25, 0.3) is 11.8 Å². The van der Waals surface area contributed by atoms with Gasteiger partial charge in [0.1, 0.15) is 5.82 Å². The van der Waals surface area contributed by atoms with Crippen LogP contribution in [-0.2, 0) is 6.54 Å². The maximum absolute atomic E-state index is 13.4. The number of rotatable bonds is 9. The van der Waals surface area contributed by atoms with E-state index in [0.717, 1.165) is 24.3 Å². The molecule has 1 aromatic heterocycles. The average molecular weight is 562 g/mol. The van der Waals surface area contributed by atoms with Crippen LogP contribution in [-0.4, -0.2) is 46.3 Å². The minimum Gasteiger partial charge on any atom is -0.363 e. The van der Waals surface area contributed by atoms with Crippen molar-refractivity contribution in [2.45, 2.75) is 20.4 Å². The molecule has 1 heterocycles. The number of amides is 2. The monoisotopic (exact) mass is 560 g/mol. The Kier molecular flexibility index (Phi) is 12.3. The molecule has 2 amide bonds. The van der Waals surface area contributed by atoms with Gasteiger partial charge in [-0.05, 0) is 43.7 Å². The quantitative estimate of drug-likeness (QED) is 0.186. The van der Waals surface area contributed by atoms with Crippen molar-refractivity contribution in [1.82, 2.24) is 20.4 Å². The van der Waals surface area contributed by atoms with Crippen molar-refractivity contribution < 1.29 is 18.4 Å². The molecule has 36 heavy (non-hydrogen) atoms. The van der Waals surface area contributed by atoms with E-state index in [1.807, 2.05) is 24.3 Å². The number of aromatic nitrogens is 2. The number of benzene rings is 2. The summed E-state index contributed by atoms with van der Waals surface area (Å²) in [5.74, 6) is -3.53. The summed E-state index contributed by atoms with van der Waals surface area (Å²) in [7, 11) is 0. The first-order chi connectivity index (χ1) is 16.3. The molecule has 3 rings (SSSR count). The van der Waals surface area contributed by atoms with Gasteiger partial charge < -0.3 is 15.5 Å². The number of hydrogen-bond donors (Lipinski definition) is 3. The standard InChI is InChI=1S/C23H23ClF2N6O2.2ClH/c1-3-32(4-2)13-28-15-7-5-14(6-8-15)12-27-23(34)20-11-21(31-30-20)29-22(33)16-9-18(25)19(26)10-17(16)24;;/h5-11,13H,3-4,12H2,1-2H3,(H,27,34)(H2,29,30,31,33);2*1H. The molecule has 0 aliphatic rings. The van der Waals surface area contributed by atoms with Crippen molar-refractivity contribution >= 4 is 66.1 Å². The lowest BCUT2D eigenvalue weighted by Gasteiger charge is -2.13. The van der Waals surface area contributed by atoms with Crippen LogP contribution in [0.5, 0.6) is 0 Å². The van der Waals surface area contributed by atoms with Crippen molar-refractivity contribution in [1.29, 1.82) is 0 Å². The molecule has 194 valence electrons. The van der Waals surface area contributed by atoms with Crippen LogP contribution in [0.1, 0.15) is 40.3 Å². The molecule has 0 spiro atoms. The highest BCUT2D eigenvalue weighted by Gasteiger charge is 2.17. The number of hydrogen-bond acceptors (Lipinski definition) is 4. The largest absolute Gasteiger partial charge is 0.363 e. The molecule has 0 aliphatic heterocycles. The highest BCUT2D eigenvalue weighted by Crippen LogP contribution is 2.21. The Balaban J connectivity index is 0.00000324. The summed E-state index contributed by atoms with van der Waals surface area (Å²) in [5.41, 5.74) is 1.45. The fraction of sp³-hybridized carbons (Fsp3) is 0.217. The molecular formula is C23H25Cl3F2N6O2. The van der Waals surface area contributed by atoms with Crippen LogP contribution < -0.4 is 10.6 Å². The van der Waals surface area contributed by atoms with Gasteiger partial charge in [-0.25, -0.2) is 13.8 Å². The first-order valence-corrected chi connectivity index (χ1v) is 10.8. The Hall–Kier alpha value is -3.21. The lowest BCUT2D eigenvalue weighted by Crippen LogP contribution is -2.23. The molecule has 2 aromatic carbocycles. The molecule has 0 saturated carbocycles. The van der Waals surface area contributed by atoms with Crippen LogP contribution >= 0.6 is 36.4 Å². The Morgan fingerprint density at radius 2 is 1.69 bits per heavy atom. The van der Waals surface area contributed by atoms with Gasteiger partial charge in [0.15, 0.2) is 17.3 Å². The van der Waals surface area contributed by atoms with E-state index >= 15 is 0 Å². The zero-order chi connectivity index (χ0) is 24.7. The Morgan fingerprint density at radius 3 is 2.33 bits per heavy atom. The van der Waals surface area contributed by atoms with E-state index < -0.39 is 23.4 Å². The highest BCUT2D eigenvalue weighted by atomic mass is 35.5. The summed E-state index contributed by atoms with van der Waals surface area (Å²) in [6.07, 6.45) is 1.80. The average Bonchev–Trinajstić information content (AvgIpc) is 3.29. The predicted molar refractivity (Wildman–Crippen MR) is 141 cm³/mol. The SMILES string of the molecule is CCN(C=Nc1ccc(CNC(=O)c2cc(NC(=O)c3cc(F)c(F)cc3Cl)[nH]n2)cc1)CC.Cl.Cl. The number of aliphatic imine (C=N–C) groups is 1. The van der Waals surface area contributed by atoms with Gasteiger partial charge in [-0.2, -0.15) is 5.10 Å². The van der Waals surface area contributed by atoms with Crippen molar-refractivity contribution in [3.63, 3.8) is 0 Å². The van der Waals surface area contributed by atoms with Crippen LogP contribution in [0.2, 0.25) is 5.02 Å². The van der Waals surface area contributed by atoms with E-state index in [-0.39, 0.29) is 53.5 Å². The summed E-state index contributed by atoms with van der Waals surface area (Å²) < 4.78 is 26.6. The number of carbonyl (C=O) groups is 2. The van der Waals surface area contributed by atoms with Gasteiger partial charge in [-0.3, -0.25) is 14.7 Å². The fourth-order valence-electron chi connectivity index (χ4n) is 2.90. The molecule has 0 atom stereocenters. The third-order valence-corrected chi connectivity index (χ3v) is 5.20. The third-order valence-electron chi connectivity index (χ3n) is 4.89. The molecule has 13 heteroatoms. The van der Waals surface area contributed by atoms with Crippen molar-refractivity contribution in [2.24, 2.45) is 4.99 Å². The number of anilines is 1. The molecule has 0 fully saturated rings. The topological polar surface area (TPSA) is 102 Å². The van der Waals surface area contributed by atoms with E-state index in [1.54, 1.807) is 6.34 Å². The van der Waals surface area contributed by atoms with Crippen LogP contribution in [0, 0.1) is 11.6 Å². The van der Waals surface area contributed by atoms with E-state index in [1.165, 1.54) is 6.07 Å². The maximum Gasteiger partial charge on any atom is 0.272 e. The number of halogens is 5. The Morgan fingerprint density at radius 1 is 1.06 bits per heavy atom. The minimum atomic E-state index is -1.21. The van der Waals surface area contributed by atoms with Gasteiger partial charge in [-0.1, -0.05) is 23.7 Å². The number of H-pyrrole nitrogens is 1. The Bertz CT molecular complexity index is 1200. The molecule has 0 bridgehead atoms. The Labute approximate surface area is 224 Å². The van der Waals surface area contributed by atoms with Crippen LogP contribution in [0.15, 0.2) is 47.5 Å². The van der Waals surface area contributed by atoms with Gasteiger partial charge in [0.05, 0.1) is 22.6 Å². The fourth-order valence-corrected chi connectivity index (χ4v) is 3.13. The zero-order valence-electron chi connectivity index (χ0n) is 19.3. The smallest absolute Gasteiger partial charge is 0.272 e. The molecule has 0 aliphatic carbocycles. The first-order valence-electron chi connectivity index (χ1n) is 10.5. The number of carbonyl (C=O) groups excluding carboxylic acids is 2. The molecular weight excluding hydrogens is 537 g/mol. The maximum atomic E-state index is 13.4. The van der Waals surface area contributed by atoms with Gasteiger partial charge in [-0.15, -0.1) is 24.8 Å². The molecule has 3 N–H and O–H groups in total. The van der Waals surface area contributed by atoms with Gasteiger partial charge in [0, 0.05) is 25.7 Å². The van der Waals surface area contributed by atoms with Gasteiger partial charge in [0.2, 0.25) is 0 Å². The molecule has 0 unspecified atom stereocenters. The third kappa shape index (κ3) is 8.18. The lowest BCUT2D eigenvalue weighted by molar-refractivity contribution is 0.0945. The van der Waals surface area contributed by atoms with E-state index in [2.05, 4.69) is 44.6 Å². The van der Waals surface area contributed by atoms with Crippen LogP contribution in [0.3, 0.4) is 0 Å². The lowest BCUT2D eigenvalue weighted by atomic mass is 10.2. The second-order valence-corrected chi connectivity index (χ2v) is 7.59. The predicted octanol–water partition coefficient (Wildman–Crippen LogP) is 5.37. The second-order valence-electron chi connectivity index (χ2n) is 7.18. The molecule has 0 saturated heterocycles. The van der Waals surface area contributed by atoms with E-state index in [9.17, 15) is 18.4 Å². The number of aromatic amines is 1. The van der Waals surface area contributed by atoms with Gasteiger partial charge >= 0.3 is 0 Å². The molecule has 8 nitrogen and oxygen atoms in total. The van der Waals surface area contributed by atoms with E-state index in [4.69, 9.17) is 11.6 Å². The number of nitrogens with one attached hydrogen (secondary N) is 3. The highest BCUT2D eigenvalue weighted by molar-refractivity contribution is 6.34. The first kappa shape index (κ1) is 30.8. The van der Waals surface area contributed by atoms with Crippen molar-refractivity contribution in [2.75, 3.05) is 18.4 Å². The van der Waals surface area contributed by atoms with Crippen LogP contribution in [0.4, 0.5) is 20.3 Å². The van der Waals surface area contributed by atoms with Crippen molar-refractivity contribution in [3.05, 3.63) is 75.9 Å². The summed E-state index contributed by atoms with van der Waals surface area (Å²) in [6, 6.07) is 10.1. The molecule has 0 radical (unpaired) electrons. The minimum absolute atomic E-state index is 0. The second kappa shape index (κ2) is 14.4. The number of nitrogens with zero attached hydrogens (tertiary/aromatic N) is 3. The summed E-state index contributed by atoms with van der Waals surface area (Å²) in [6.45, 7) is 6.13. The normalized spacial score (nSPS) is 10.4. The van der Waals surface area contributed by atoms with E-state index in [0.29, 0.717) is 12.1 Å². The summed E-state index contributed by atoms with van der Waals surface area (Å²) in [4.78, 5) is 31.2. The molecule has 3 aromatic rings.